The minimum Gasteiger partial charge on any atom is -0.376 e. The molecule has 0 radical (unpaired) electrons. The van der Waals surface area contributed by atoms with Gasteiger partial charge in [0.05, 0.1) is 6.10 Å². The Morgan fingerprint density at radius 1 is 1.13 bits per heavy atom. The van der Waals surface area contributed by atoms with Crippen molar-refractivity contribution in [1.82, 2.24) is 10.2 Å². The zero-order valence-electron chi connectivity index (χ0n) is 16.9. The molecule has 0 aromatic heterocycles. The molecule has 7 heteroatoms. The minimum atomic E-state index is -0.144. The van der Waals surface area contributed by atoms with E-state index >= 15 is 0 Å². The first-order valence-electron chi connectivity index (χ1n) is 10.4. The number of anilines is 1. The van der Waals surface area contributed by atoms with Crippen molar-refractivity contribution in [3.8, 4) is 0 Å². The summed E-state index contributed by atoms with van der Waals surface area (Å²) in [6.45, 7) is 3.16. The van der Waals surface area contributed by atoms with E-state index in [0.29, 0.717) is 36.8 Å². The minimum absolute atomic E-state index is 0.0480. The molecule has 2 aromatic rings. The summed E-state index contributed by atoms with van der Waals surface area (Å²) < 4.78 is 5.56. The van der Waals surface area contributed by atoms with Crippen LogP contribution in [0.2, 0.25) is 5.02 Å². The molecule has 1 unspecified atom stereocenters. The van der Waals surface area contributed by atoms with E-state index in [4.69, 9.17) is 16.3 Å². The van der Waals surface area contributed by atoms with Crippen molar-refractivity contribution in [2.45, 2.75) is 31.9 Å². The number of urea groups is 1. The lowest BCUT2D eigenvalue weighted by Gasteiger charge is -2.36. The normalized spacial score (nSPS) is 19.2. The highest BCUT2D eigenvalue weighted by Crippen LogP contribution is 2.23. The molecule has 158 valence electrons. The van der Waals surface area contributed by atoms with Gasteiger partial charge in [-0.25, -0.2) is 4.79 Å². The first kappa shape index (κ1) is 20.7. The van der Waals surface area contributed by atoms with Gasteiger partial charge in [0.2, 0.25) is 0 Å². The number of nitrogens with one attached hydrogen (secondary N) is 1. The zero-order valence-corrected chi connectivity index (χ0v) is 17.6. The smallest absolute Gasteiger partial charge is 0.324 e. The summed E-state index contributed by atoms with van der Waals surface area (Å²) in [5.41, 5.74) is 2.33. The van der Waals surface area contributed by atoms with Crippen LogP contribution in [0, 0.1) is 0 Å². The number of carbonyl (C=O) groups excluding carboxylic acids is 2. The Labute approximate surface area is 181 Å². The Bertz CT molecular complexity index is 897. The van der Waals surface area contributed by atoms with Crippen molar-refractivity contribution in [2.24, 2.45) is 0 Å². The highest BCUT2D eigenvalue weighted by atomic mass is 35.5. The number of nitrogens with zero attached hydrogens (tertiary/aromatic N) is 2. The summed E-state index contributed by atoms with van der Waals surface area (Å²) in [7, 11) is 0. The maximum absolute atomic E-state index is 13.1. The average Bonchev–Trinajstić information content (AvgIpc) is 3.29. The van der Waals surface area contributed by atoms with Crippen molar-refractivity contribution in [3.05, 3.63) is 64.7 Å². The van der Waals surface area contributed by atoms with E-state index in [-0.39, 0.29) is 18.0 Å². The number of benzene rings is 2. The number of ether oxygens (including phenoxy) is 1. The fraction of sp³-hybridized carbons (Fsp3) is 0.391. The number of halogens is 1. The standard InChI is InChI=1S/C23H26ClN3O3/c24-19-9-7-17(8-10-19)16-26-11-3-12-27(23(26)29)20-5-1-4-18(14-20)22(28)25-15-21-6-2-13-30-21/h1,4-5,7-10,14,21H,2-3,6,11-13,15-16H2,(H,25,28). The summed E-state index contributed by atoms with van der Waals surface area (Å²) in [4.78, 5) is 29.2. The van der Waals surface area contributed by atoms with Gasteiger partial charge in [-0.1, -0.05) is 29.8 Å². The van der Waals surface area contributed by atoms with Crippen LogP contribution >= 0.6 is 11.6 Å². The largest absolute Gasteiger partial charge is 0.376 e. The fourth-order valence-electron chi connectivity index (χ4n) is 3.91. The van der Waals surface area contributed by atoms with Crippen molar-refractivity contribution >= 4 is 29.2 Å². The summed E-state index contributed by atoms with van der Waals surface area (Å²) in [5, 5.41) is 3.62. The molecule has 0 bridgehead atoms. The molecule has 0 saturated carbocycles. The maximum atomic E-state index is 13.1. The van der Waals surface area contributed by atoms with Gasteiger partial charge in [-0.15, -0.1) is 0 Å². The topological polar surface area (TPSA) is 61.9 Å². The number of amides is 3. The van der Waals surface area contributed by atoms with Crippen molar-refractivity contribution in [2.75, 3.05) is 31.1 Å². The lowest BCUT2D eigenvalue weighted by atomic mass is 10.1. The second-order valence-electron chi connectivity index (χ2n) is 7.73. The van der Waals surface area contributed by atoms with Crippen LogP contribution in [0.25, 0.3) is 0 Å². The Morgan fingerprint density at radius 3 is 2.73 bits per heavy atom. The molecule has 2 heterocycles. The molecule has 0 spiro atoms. The molecular formula is C23H26ClN3O3. The Balaban J connectivity index is 1.42. The lowest BCUT2D eigenvalue weighted by Crippen LogP contribution is -2.49. The second-order valence-corrected chi connectivity index (χ2v) is 8.17. The highest BCUT2D eigenvalue weighted by molar-refractivity contribution is 6.30. The Morgan fingerprint density at radius 2 is 1.97 bits per heavy atom. The van der Waals surface area contributed by atoms with Gasteiger partial charge >= 0.3 is 6.03 Å². The summed E-state index contributed by atoms with van der Waals surface area (Å²) in [5.74, 6) is -0.144. The van der Waals surface area contributed by atoms with E-state index in [1.54, 1.807) is 17.0 Å². The zero-order chi connectivity index (χ0) is 20.9. The molecule has 1 N–H and O–H groups in total. The fourth-order valence-corrected chi connectivity index (χ4v) is 4.03. The van der Waals surface area contributed by atoms with Crippen LogP contribution in [-0.4, -0.2) is 49.2 Å². The van der Waals surface area contributed by atoms with Gasteiger partial charge < -0.3 is 15.0 Å². The van der Waals surface area contributed by atoms with Crippen LogP contribution in [0.1, 0.15) is 35.2 Å². The molecule has 2 aromatic carbocycles. The van der Waals surface area contributed by atoms with Gasteiger partial charge in [-0.05, 0) is 55.2 Å². The van der Waals surface area contributed by atoms with E-state index < -0.39 is 0 Å². The van der Waals surface area contributed by atoms with E-state index in [2.05, 4.69) is 5.32 Å². The second kappa shape index (κ2) is 9.49. The molecule has 2 aliphatic heterocycles. The van der Waals surface area contributed by atoms with Crippen LogP contribution in [0.4, 0.5) is 10.5 Å². The van der Waals surface area contributed by atoms with Crippen LogP contribution in [-0.2, 0) is 11.3 Å². The predicted octanol–water partition coefficient (Wildman–Crippen LogP) is 4.08. The summed E-state index contributed by atoms with van der Waals surface area (Å²) in [6, 6.07) is 14.8. The molecule has 2 saturated heterocycles. The van der Waals surface area contributed by atoms with Crippen LogP contribution in [0.15, 0.2) is 48.5 Å². The molecule has 30 heavy (non-hydrogen) atoms. The molecule has 2 fully saturated rings. The Hall–Kier alpha value is -2.57. The van der Waals surface area contributed by atoms with E-state index in [0.717, 1.165) is 37.1 Å². The first-order chi connectivity index (χ1) is 14.6. The van der Waals surface area contributed by atoms with E-state index in [1.807, 2.05) is 41.3 Å². The number of hydrogen-bond acceptors (Lipinski definition) is 3. The molecule has 0 aliphatic carbocycles. The summed E-state index contributed by atoms with van der Waals surface area (Å²) in [6.07, 6.45) is 2.99. The molecule has 3 amide bonds. The maximum Gasteiger partial charge on any atom is 0.324 e. The van der Waals surface area contributed by atoms with Gasteiger partial charge in [0.15, 0.2) is 0 Å². The van der Waals surface area contributed by atoms with Gasteiger partial charge in [0.25, 0.3) is 5.91 Å². The van der Waals surface area contributed by atoms with Gasteiger partial charge in [-0.2, -0.15) is 0 Å². The first-order valence-corrected chi connectivity index (χ1v) is 10.8. The molecular weight excluding hydrogens is 402 g/mol. The third kappa shape index (κ3) is 4.94. The van der Waals surface area contributed by atoms with Crippen LogP contribution < -0.4 is 10.2 Å². The van der Waals surface area contributed by atoms with E-state index in [9.17, 15) is 9.59 Å². The third-order valence-corrected chi connectivity index (χ3v) is 5.78. The van der Waals surface area contributed by atoms with Gasteiger partial charge in [-0.3, -0.25) is 9.69 Å². The SMILES string of the molecule is O=C(NCC1CCCO1)c1cccc(N2CCCN(Cc3ccc(Cl)cc3)C2=O)c1. The quantitative estimate of drug-likeness (QED) is 0.755. The lowest BCUT2D eigenvalue weighted by molar-refractivity contribution is 0.0857. The van der Waals surface area contributed by atoms with E-state index in [1.165, 1.54) is 0 Å². The summed E-state index contributed by atoms with van der Waals surface area (Å²) >= 11 is 5.96. The molecule has 6 nitrogen and oxygen atoms in total. The Kier molecular flexibility index (Phi) is 6.55. The molecule has 4 rings (SSSR count). The number of hydrogen-bond donors (Lipinski definition) is 1. The monoisotopic (exact) mass is 427 g/mol. The van der Waals surface area contributed by atoms with Crippen LogP contribution in [0.3, 0.4) is 0 Å². The number of rotatable bonds is 6. The highest BCUT2D eigenvalue weighted by Gasteiger charge is 2.27. The van der Waals surface area contributed by atoms with Gasteiger partial charge in [0, 0.05) is 49.1 Å². The van der Waals surface area contributed by atoms with Crippen molar-refractivity contribution < 1.29 is 14.3 Å². The average molecular weight is 428 g/mol. The number of carbonyl (C=O) groups is 2. The van der Waals surface area contributed by atoms with Crippen LogP contribution in [0.5, 0.6) is 0 Å². The molecule has 1 atom stereocenters. The van der Waals surface area contributed by atoms with Crippen molar-refractivity contribution in [1.29, 1.82) is 0 Å². The third-order valence-electron chi connectivity index (χ3n) is 5.53. The van der Waals surface area contributed by atoms with Gasteiger partial charge in [0.1, 0.15) is 0 Å². The molecule has 2 aliphatic rings. The van der Waals surface area contributed by atoms with Crippen molar-refractivity contribution in [3.63, 3.8) is 0 Å². The predicted molar refractivity (Wildman–Crippen MR) is 117 cm³/mol.